The highest BCUT2D eigenvalue weighted by atomic mass is 32.1. The molecule has 0 aliphatic heterocycles. The fourth-order valence-corrected chi connectivity index (χ4v) is 3.76. The third-order valence-corrected chi connectivity index (χ3v) is 5.44. The van der Waals surface area contributed by atoms with Gasteiger partial charge in [0, 0.05) is 12.0 Å². The van der Waals surface area contributed by atoms with Crippen LogP contribution in [-0.4, -0.2) is 22.0 Å². The lowest BCUT2D eigenvalue weighted by Crippen LogP contribution is -2.18. The van der Waals surface area contributed by atoms with E-state index in [-0.39, 0.29) is 23.9 Å². The summed E-state index contributed by atoms with van der Waals surface area (Å²) in [4.78, 5) is 34.5. The molecule has 3 rings (SSSR count). The number of rotatable bonds is 9. The first-order valence-corrected chi connectivity index (χ1v) is 10.5. The normalized spacial score (nSPS) is 15.0. The minimum absolute atomic E-state index is 0.0621. The Hall–Kier alpha value is -2.10. The fourth-order valence-electron chi connectivity index (χ4n) is 3.63. The van der Waals surface area contributed by atoms with Gasteiger partial charge in [-0.25, -0.2) is 9.78 Å². The van der Waals surface area contributed by atoms with Crippen LogP contribution in [0.5, 0.6) is 0 Å². The average Bonchev–Trinajstić information content (AvgIpc) is 3.05. The Labute approximate surface area is 174 Å². The van der Waals surface area contributed by atoms with Crippen molar-refractivity contribution in [3.05, 3.63) is 55.6 Å². The van der Waals surface area contributed by atoms with Gasteiger partial charge in [-0.05, 0) is 43.6 Å². The zero-order valence-electron chi connectivity index (χ0n) is 16.5. The third-order valence-electron chi connectivity index (χ3n) is 5.12. The lowest BCUT2D eigenvalue weighted by Gasteiger charge is -2.19. The number of aromatic nitrogens is 1. The first-order chi connectivity index (χ1) is 14.0. The van der Waals surface area contributed by atoms with Crippen molar-refractivity contribution in [2.24, 2.45) is 0 Å². The molecule has 1 aliphatic rings. The number of nitro benzene ring substituents is 1. The Morgan fingerprint density at radius 1 is 1.28 bits per heavy atom. The summed E-state index contributed by atoms with van der Waals surface area (Å²) >= 11 is 4.11. The van der Waals surface area contributed by atoms with Crippen molar-refractivity contribution >= 4 is 18.3 Å². The molecule has 1 fully saturated rings. The molecule has 2 aromatic rings. The van der Waals surface area contributed by atoms with Crippen LogP contribution < -0.4 is 5.56 Å². The number of benzene rings is 1. The van der Waals surface area contributed by atoms with Crippen LogP contribution in [0.25, 0.3) is 5.69 Å². The second-order valence-electron chi connectivity index (χ2n) is 7.28. The highest BCUT2D eigenvalue weighted by Gasteiger charge is 2.29. The van der Waals surface area contributed by atoms with Gasteiger partial charge in [-0.1, -0.05) is 25.3 Å². The quantitative estimate of drug-likeness (QED) is 0.211. The lowest BCUT2D eigenvalue weighted by atomic mass is 9.86. The third kappa shape index (κ3) is 5.09. The molecule has 0 amide bonds. The monoisotopic (exact) mass is 422 g/mol. The van der Waals surface area contributed by atoms with E-state index in [1.165, 1.54) is 12.1 Å². The minimum Gasteiger partial charge on any atom is -0.375 e. The highest BCUT2D eigenvalue weighted by Crippen LogP contribution is 2.35. The average molecular weight is 423 g/mol. The summed E-state index contributed by atoms with van der Waals surface area (Å²) in [7, 11) is 0. The molecule has 0 N–H and O–H groups in total. The van der Waals surface area contributed by atoms with Gasteiger partial charge in [0.25, 0.3) is 11.2 Å². The van der Waals surface area contributed by atoms with E-state index in [0.29, 0.717) is 23.7 Å². The number of thiol groups is 1. The van der Waals surface area contributed by atoms with E-state index in [2.05, 4.69) is 12.6 Å². The zero-order valence-corrected chi connectivity index (χ0v) is 17.4. The Bertz CT molecular complexity index is 901. The predicted octanol–water partition coefficient (Wildman–Crippen LogP) is 4.46. The summed E-state index contributed by atoms with van der Waals surface area (Å²) in [6.07, 6.45) is 5.83. The van der Waals surface area contributed by atoms with Gasteiger partial charge >= 0.3 is 0 Å². The van der Waals surface area contributed by atoms with Crippen molar-refractivity contribution < 1.29 is 19.2 Å². The maximum Gasteiger partial charge on any atom is 0.296 e. The zero-order chi connectivity index (χ0) is 20.8. The van der Waals surface area contributed by atoms with E-state index in [1.807, 2.05) is 0 Å². The van der Waals surface area contributed by atoms with Crippen molar-refractivity contribution in [1.29, 1.82) is 0 Å². The smallest absolute Gasteiger partial charge is 0.296 e. The van der Waals surface area contributed by atoms with E-state index >= 15 is 0 Å². The van der Waals surface area contributed by atoms with Gasteiger partial charge in [0.05, 0.1) is 17.1 Å². The lowest BCUT2D eigenvalue weighted by molar-refractivity contribution is -0.384. The van der Waals surface area contributed by atoms with Gasteiger partial charge in [-0.2, -0.15) is 12.6 Å². The van der Waals surface area contributed by atoms with Crippen LogP contribution in [0.4, 0.5) is 5.69 Å². The van der Waals surface area contributed by atoms with E-state index in [4.69, 9.17) is 14.3 Å². The summed E-state index contributed by atoms with van der Waals surface area (Å²) in [5, 5.41) is 11.5. The van der Waals surface area contributed by atoms with E-state index in [9.17, 15) is 14.9 Å². The maximum absolute atomic E-state index is 13.1. The molecule has 1 aliphatic carbocycles. The van der Waals surface area contributed by atoms with Crippen LogP contribution in [0.1, 0.15) is 61.3 Å². The summed E-state index contributed by atoms with van der Waals surface area (Å²) in [5.74, 6) is 1.31. The number of hydrogen-bond acceptors (Lipinski definition) is 7. The number of nitro groups is 1. The van der Waals surface area contributed by atoms with Crippen LogP contribution in [-0.2, 0) is 16.4 Å². The summed E-state index contributed by atoms with van der Waals surface area (Å²) in [5.41, 5.74) is 0.583. The van der Waals surface area contributed by atoms with E-state index < -0.39 is 10.5 Å². The van der Waals surface area contributed by atoms with Crippen LogP contribution >= 0.6 is 12.6 Å². The molecule has 1 heterocycles. The Kier molecular flexibility index (Phi) is 7.51. The Balaban J connectivity index is 1.98. The largest absolute Gasteiger partial charge is 0.375 e. The number of aryl methyl sites for hydroxylation is 1. The Morgan fingerprint density at radius 3 is 2.72 bits per heavy atom. The molecule has 1 aromatic heterocycles. The highest BCUT2D eigenvalue weighted by molar-refractivity contribution is 7.80. The molecule has 0 unspecified atom stereocenters. The topological polar surface area (TPSA) is 96.7 Å². The number of nitrogens with zero attached hydrogens (tertiary/aromatic N) is 2. The van der Waals surface area contributed by atoms with Crippen molar-refractivity contribution in [3.63, 3.8) is 0 Å². The summed E-state index contributed by atoms with van der Waals surface area (Å²) in [6, 6.07) is 4.69. The summed E-state index contributed by atoms with van der Waals surface area (Å²) in [6.45, 7) is 2.07. The molecule has 1 aromatic carbocycles. The fraction of sp³-hybridized carbons (Fsp3) is 0.550. The van der Waals surface area contributed by atoms with Crippen LogP contribution in [0.15, 0.2) is 27.5 Å². The van der Waals surface area contributed by atoms with E-state index in [1.54, 1.807) is 13.0 Å². The molecule has 1 saturated carbocycles. The Morgan fingerprint density at radius 2 is 2.03 bits per heavy atom. The van der Waals surface area contributed by atoms with Crippen molar-refractivity contribution in [2.75, 3.05) is 12.4 Å². The number of hydrogen-bond donors (Lipinski definition) is 1. The van der Waals surface area contributed by atoms with Crippen LogP contribution in [0.2, 0.25) is 0 Å². The molecular weight excluding hydrogens is 396 g/mol. The van der Waals surface area contributed by atoms with Crippen LogP contribution in [0.3, 0.4) is 0 Å². The molecule has 0 spiro atoms. The molecule has 8 nitrogen and oxygen atoms in total. The first-order valence-electron chi connectivity index (χ1n) is 9.88. The minimum atomic E-state index is -0.506. The van der Waals surface area contributed by atoms with Gasteiger partial charge < -0.3 is 4.52 Å². The molecule has 29 heavy (non-hydrogen) atoms. The predicted molar refractivity (Wildman–Crippen MR) is 111 cm³/mol. The SMILES string of the molecule is Cc1ccc(-n2oc(C3CCCCC3)c(COOCCCS)c2=O)c([N+](=O)[O-])c1. The molecular formula is C20H26N2O6S. The van der Waals surface area contributed by atoms with Crippen LogP contribution in [0, 0.1) is 17.0 Å². The first kappa shape index (κ1) is 21.6. The molecule has 9 heteroatoms. The van der Waals surface area contributed by atoms with E-state index in [0.717, 1.165) is 48.8 Å². The van der Waals surface area contributed by atoms with Gasteiger partial charge in [0.1, 0.15) is 12.4 Å². The van der Waals surface area contributed by atoms with Crippen molar-refractivity contribution in [3.8, 4) is 5.69 Å². The molecule has 0 radical (unpaired) electrons. The van der Waals surface area contributed by atoms with Gasteiger partial charge in [-0.15, -0.1) is 4.74 Å². The van der Waals surface area contributed by atoms with Crippen molar-refractivity contribution in [1.82, 2.24) is 4.74 Å². The van der Waals surface area contributed by atoms with Crippen molar-refractivity contribution in [2.45, 2.75) is 58.0 Å². The second kappa shape index (κ2) is 10.1. The molecule has 0 atom stereocenters. The van der Waals surface area contributed by atoms with Gasteiger partial charge in [0.2, 0.25) is 0 Å². The van der Waals surface area contributed by atoms with Gasteiger partial charge in [-0.3, -0.25) is 14.9 Å². The second-order valence-corrected chi connectivity index (χ2v) is 7.73. The van der Waals surface area contributed by atoms with Gasteiger partial charge in [0.15, 0.2) is 5.69 Å². The molecule has 158 valence electrons. The molecule has 0 bridgehead atoms. The standard InChI is InChI=1S/C20H26N2O6S/c1-14-8-9-17(18(12-14)22(24)25)21-20(23)16(13-27-26-10-5-11-29)19(28-21)15-6-3-2-4-7-15/h8-9,12,15,29H,2-7,10-11,13H2,1H3. The summed E-state index contributed by atoms with van der Waals surface area (Å²) < 4.78 is 6.95. The maximum atomic E-state index is 13.1. The molecule has 0 saturated heterocycles.